The summed E-state index contributed by atoms with van der Waals surface area (Å²) in [7, 11) is -0.293. The molecule has 2 rings (SSSR count). The van der Waals surface area contributed by atoms with Crippen LogP contribution in [0.4, 0.5) is 5.69 Å². The molecule has 0 saturated heterocycles. The van der Waals surface area contributed by atoms with Crippen molar-refractivity contribution in [2.45, 2.75) is 76.6 Å². The zero-order chi connectivity index (χ0) is 20.4. The molecule has 1 aromatic carbocycles. The van der Waals surface area contributed by atoms with Crippen LogP contribution in [0.2, 0.25) is 16.6 Å². The van der Waals surface area contributed by atoms with Crippen LogP contribution in [0.3, 0.4) is 0 Å². The molecule has 1 aliphatic rings. The van der Waals surface area contributed by atoms with E-state index in [1.165, 1.54) is 0 Å². The van der Waals surface area contributed by atoms with Crippen molar-refractivity contribution in [3.63, 3.8) is 0 Å². The Hall–Kier alpha value is -1.66. The second-order valence-electron chi connectivity index (χ2n) is 8.41. The lowest BCUT2D eigenvalue weighted by Crippen LogP contribution is -2.47. The molecule has 1 unspecified atom stereocenters. The van der Waals surface area contributed by atoms with E-state index in [9.17, 15) is 10.1 Å². The van der Waals surface area contributed by atoms with Gasteiger partial charge in [-0.1, -0.05) is 41.5 Å². The molecule has 1 saturated carbocycles. The highest BCUT2D eigenvalue weighted by molar-refractivity contribution is 6.77. The highest BCUT2D eigenvalue weighted by atomic mass is 28.4. The van der Waals surface area contributed by atoms with Gasteiger partial charge in [-0.2, -0.15) is 0 Å². The van der Waals surface area contributed by atoms with Crippen LogP contribution in [0.25, 0.3) is 0 Å². The van der Waals surface area contributed by atoms with Crippen LogP contribution in [0.15, 0.2) is 36.1 Å². The summed E-state index contributed by atoms with van der Waals surface area (Å²) in [4.78, 5) is 10.6. The van der Waals surface area contributed by atoms with Gasteiger partial charge in [0.1, 0.15) is 5.60 Å². The average molecular weight is 392 g/mol. The predicted octanol–water partition coefficient (Wildman–Crippen LogP) is 6.31. The number of ether oxygens (including phenoxy) is 1. The van der Waals surface area contributed by atoms with Gasteiger partial charge >= 0.3 is 0 Å². The van der Waals surface area contributed by atoms with Gasteiger partial charge in [0.2, 0.25) is 0 Å². The molecule has 0 aromatic heterocycles. The normalized spacial score (nSPS) is 21.8. The van der Waals surface area contributed by atoms with Crippen LogP contribution in [0.5, 0.6) is 0 Å². The fourth-order valence-electron chi connectivity index (χ4n) is 4.77. The van der Waals surface area contributed by atoms with Crippen LogP contribution in [-0.4, -0.2) is 20.4 Å². The fourth-order valence-corrected chi connectivity index (χ4v) is 9.93. The Morgan fingerprint density at radius 2 is 1.59 bits per heavy atom. The molecule has 0 N–H and O–H groups in total. The van der Waals surface area contributed by atoms with Gasteiger partial charge in [0.05, 0.1) is 11.2 Å². The van der Waals surface area contributed by atoms with Crippen LogP contribution in [0, 0.1) is 10.1 Å². The van der Waals surface area contributed by atoms with Crippen molar-refractivity contribution in [1.82, 2.24) is 0 Å². The molecule has 6 heteroatoms. The van der Waals surface area contributed by atoms with Crippen molar-refractivity contribution in [2.24, 2.45) is 0 Å². The van der Waals surface area contributed by atoms with Crippen molar-refractivity contribution in [3.05, 3.63) is 51.8 Å². The van der Waals surface area contributed by atoms with Gasteiger partial charge in [0.15, 0.2) is 0 Å². The van der Waals surface area contributed by atoms with E-state index in [0.29, 0.717) is 16.6 Å². The van der Waals surface area contributed by atoms with Crippen LogP contribution >= 0.6 is 0 Å². The van der Waals surface area contributed by atoms with Crippen LogP contribution < -0.4 is 0 Å². The number of nitro benzene ring substituents is 1. The zero-order valence-corrected chi connectivity index (χ0v) is 18.6. The first-order valence-electron chi connectivity index (χ1n) is 9.79. The van der Waals surface area contributed by atoms with E-state index >= 15 is 0 Å². The number of rotatable bonds is 8. The van der Waals surface area contributed by atoms with E-state index in [1.807, 2.05) is 6.26 Å². The van der Waals surface area contributed by atoms with E-state index in [4.69, 9.17) is 9.16 Å². The summed E-state index contributed by atoms with van der Waals surface area (Å²) in [6, 6.07) is 6.68. The minimum absolute atomic E-state index is 0.0944. The number of nitro groups is 1. The van der Waals surface area contributed by atoms with Crippen molar-refractivity contribution >= 4 is 14.0 Å². The third kappa shape index (κ3) is 3.69. The van der Waals surface area contributed by atoms with Gasteiger partial charge in [-0.3, -0.25) is 10.1 Å². The second-order valence-corrected chi connectivity index (χ2v) is 13.8. The van der Waals surface area contributed by atoms with E-state index in [-0.39, 0.29) is 10.6 Å². The molecule has 0 radical (unpaired) electrons. The molecule has 27 heavy (non-hydrogen) atoms. The van der Waals surface area contributed by atoms with E-state index in [2.05, 4.69) is 41.5 Å². The molecule has 0 aliphatic heterocycles. The van der Waals surface area contributed by atoms with Crippen LogP contribution in [-0.2, 0) is 14.8 Å². The van der Waals surface area contributed by atoms with Gasteiger partial charge < -0.3 is 9.16 Å². The molecule has 0 bridgehead atoms. The molecule has 1 aliphatic carbocycles. The minimum Gasteiger partial charge on any atom is -0.548 e. The SMILES string of the molecule is COC1(c2ccc([N+](=O)[O-])cc2)CC/C1=C\O[Si](C(C)C)(C(C)C)C(C)C. The van der Waals surface area contributed by atoms with E-state index in [1.54, 1.807) is 31.4 Å². The molecular weight excluding hydrogens is 358 g/mol. The molecule has 0 amide bonds. The van der Waals surface area contributed by atoms with Crippen LogP contribution in [0.1, 0.15) is 59.9 Å². The third-order valence-electron chi connectivity index (χ3n) is 6.27. The maximum Gasteiger partial charge on any atom is 0.269 e. The Balaban J connectivity index is 2.35. The lowest BCUT2D eigenvalue weighted by Gasteiger charge is -2.46. The topological polar surface area (TPSA) is 61.6 Å². The van der Waals surface area contributed by atoms with Gasteiger partial charge in [0, 0.05) is 19.2 Å². The highest BCUT2D eigenvalue weighted by Crippen LogP contribution is 2.50. The maximum atomic E-state index is 10.9. The summed E-state index contributed by atoms with van der Waals surface area (Å²) in [6.45, 7) is 13.6. The Morgan fingerprint density at radius 3 is 1.93 bits per heavy atom. The average Bonchev–Trinajstić information content (AvgIpc) is 2.58. The fraction of sp³-hybridized carbons (Fsp3) is 0.619. The molecule has 5 nitrogen and oxygen atoms in total. The Kier molecular flexibility index (Phi) is 6.53. The first-order chi connectivity index (χ1) is 12.6. The van der Waals surface area contributed by atoms with Gasteiger partial charge in [-0.25, -0.2) is 0 Å². The summed E-state index contributed by atoms with van der Waals surface area (Å²) < 4.78 is 12.6. The summed E-state index contributed by atoms with van der Waals surface area (Å²) in [5, 5.41) is 10.9. The number of non-ortho nitro benzene ring substituents is 1. The zero-order valence-electron chi connectivity index (χ0n) is 17.6. The van der Waals surface area contributed by atoms with E-state index < -0.39 is 13.9 Å². The minimum atomic E-state index is -1.99. The first kappa shape index (κ1) is 21.6. The highest BCUT2D eigenvalue weighted by Gasteiger charge is 2.48. The molecule has 150 valence electrons. The number of methoxy groups -OCH3 is 1. The Labute approximate surface area is 164 Å². The summed E-state index contributed by atoms with van der Waals surface area (Å²) >= 11 is 0. The summed E-state index contributed by atoms with van der Waals surface area (Å²) in [6.07, 6.45) is 3.74. The standard InChI is InChI=1S/C21H33NO4Si/c1-15(2)27(16(3)4,17(5)6)26-14-19-12-13-21(19,25-7)18-8-10-20(11-9-18)22(23)24/h8-11,14-17H,12-13H2,1-7H3/b19-14+. The lowest BCUT2D eigenvalue weighted by atomic mass is 9.70. The molecule has 1 atom stereocenters. The molecule has 0 spiro atoms. The quantitative estimate of drug-likeness (QED) is 0.225. The van der Waals surface area contributed by atoms with Crippen molar-refractivity contribution in [2.75, 3.05) is 7.11 Å². The van der Waals surface area contributed by atoms with Gasteiger partial charge in [0.25, 0.3) is 14.0 Å². The van der Waals surface area contributed by atoms with Crippen molar-refractivity contribution in [3.8, 4) is 0 Å². The number of nitrogens with zero attached hydrogens (tertiary/aromatic N) is 1. The van der Waals surface area contributed by atoms with Gasteiger partial charge in [-0.15, -0.1) is 0 Å². The summed E-state index contributed by atoms with van der Waals surface area (Å²) in [5.41, 5.74) is 3.15. The maximum absolute atomic E-state index is 10.9. The Bertz CT molecular complexity index is 671. The number of hydrogen-bond acceptors (Lipinski definition) is 4. The first-order valence-corrected chi connectivity index (χ1v) is 11.9. The number of hydrogen-bond donors (Lipinski definition) is 0. The second kappa shape index (κ2) is 8.15. The van der Waals surface area contributed by atoms with E-state index in [0.717, 1.165) is 24.0 Å². The molecule has 1 aromatic rings. The van der Waals surface area contributed by atoms with Crippen molar-refractivity contribution < 1.29 is 14.1 Å². The molecule has 0 heterocycles. The predicted molar refractivity (Wildman–Crippen MR) is 111 cm³/mol. The third-order valence-corrected chi connectivity index (χ3v) is 12.2. The van der Waals surface area contributed by atoms with Gasteiger partial charge in [-0.05, 0) is 52.7 Å². The Morgan fingerprint density at radius 1 is 1.07 bits per heavy atom. The molecular formula is C21H33NO4Si. The largest absolute Gasteiger partial charge is 0.548 e. The lowest BCUT2D eigenvalue weighted by molar-refractivity contribution is -0.384. The monoisotopic (exact) mass is 391 g/mol. The molecule has 1 fully saturated rings. The smallest absolute Gasteiger partial charge is 0.269 e. The van der Waals surface area contributed by atoms with Crippen molar-refractivity contribution in [1.29, 1.82) is 0 Å². The number of benzene rings is 1. The summed E-state index contributed by atoms with van der Waals surface area (Å²) in [5.74, 6) is 0.